The molecular weight excluding hydrogens is 380 g/mol. The first-order valence-electron chi connectivity index (χ1n) is 9.54. The Morgan fingerprint density at radius 2 is 2.07 bits per heavy atom. The zero-order valence-corrected chi connectivity index (χ0v) is 16.7. The molecule has 1 saturated heterocycles. The number of carboxylic acid groups (broad SMARTS) is 1. The van der Waals surface area contributed by atoms with E-state index in [0.717, 1.165) is 35.4 Å². The first-order valence-corrected chi connectivity index (χ1v) is 10.4. The summed E-state index contributed by atoms with van der Waals surface area (Å²) in [4.78, 5) is 37.3. The van der Waals surface area contributed by atoms with Crippen molar-refractivity contribution in [1.29, 1.82) is 0 Å². The molecule has 0 aromatic carbocycles. The number of nitrogens with one attached hydrogen (secondary N) is 3. The van der Waals surface area contributed by atoms with Crippen LogP contribution in [0.25, 0.3) is 0 Å². The van der Waals surface area contributed by atoms with Gasteiger partial charge in [-0.15, -0.1) is 11.3 Å². The molecule has 0 saturated carbocycles. The Kier molecular flexibility index (Phi) is 6.23. The maximum atomic E-state index is 12.6. The minimum atomic E-state index is -1.04. The number of primary amides is 1. The Morgan fingerprint density at radius 1 is 1.32 bits per heavy atom. The topological polar surface area (TPSA) is 134 Å². The highest BCUT2D eigenvalue weighted by molar-refractivity contribution is 7.17. The summed E-state index contributed by atoms with van der Waals surface area (Å²) in [6, 6.07) is -1.43. The maximum absolute atomic E-state index is 12.6. The lowest BCUT2D eigenvalue weighted by molar-refractivity contribution is -0.121. The summed E-state index contributed by atoms with van der Waals surface area (Å²) in [6.45, 7) is 2.62. The van der Waals surface area contributed by atoms with Crippen LogP contribution in [0.2, 0.25) is 0 Å². The average Bonchev–Trinajstić information content (AvgIpc) is 3.03. The zero-order valence-electron chi connectivity index (χ0n) is 15.8. The molecule has 0 bridgehead atoms. The first-order chi connectivity index (χ1) is 13.4. The van der Waals surface area contributed by atoms with E-state index in [2.05, 4.69) is 16.0 Å². The van der Waals surface area contributed by atoms with Gasteiger partial charge in [-0.2, -0.15) is 0 Å². The summed E-state index contributed by atoms with van der Waals surface area (Å²) in [7, 11) is 0. The second-order valence-electron chi connectivity index (χ2n) is 7.19. The minimum Gasteiger partial charge on any atom is -0.478 e. The van der Waals surface area contributed by atoms with E-state index in [1.165, 1.54) is 11.3 Å². The molecule has 9 heteroatoms. The Labute approximate surface area is 167 Å². The van der Waals surface area contributed by atoms with Gasteiger partial charge in [-0.3, -0.25) is 10.1 Å². The number of carboxylic acids is 1. The van der Waals surface area contributed by atoms with E-state index in [1.807, 2.05) is 13.0 Å². The number of hydrogen-bond acceptors (Lipinski definition) is 5. The predicted molar refractivity (Wildman–Crippen MR) is 108 cm³/mol. The number of piperidine rings is 1. The summed E-state index contributed by atoms with van der Waals surface area (Å²) in [5.74, 6) is -1.75. The number of rotatable bonds is 5. The van der Waals surface area contributed by atoms with Gasteiger partial charge in [0.05, 0.1) is 5.56 Å². The molecular formula is C19H26N4O4S. The number of amides is 3. The summed E-state index contributed by atoms with van der Waals surface area (Å²) in [6.07, 6.45) is 6.78. The van der Waals surface area contributed by atoms with Crippen LogP contribution >= 0.6 is 11.3 Å². The lowest BCUT2D eigenvalue weighted by Gasteiger charge is -2.31. The fraction of sp³-hybridized carbons (Fsp3) is 0.526. The second kappa shape index (κ2) is 8.64. The average molecular weight is 407 g/mol. The number of carbonyl (C=O) groups is 3. The molecule has 6 N–H and O–H groups in total. The van der Waals surface area contributed by atoms with Gasteiger partial charge in [0.15, 0.2) is 0 Å². The number of nitrogens with two attached hydrogens (primary N) is 1. The van der Waals surface area contributed by atoms with Crippen molar-refractivity contribution < 1.29 is 19.5 Å². The molecule has 1 aliphatic heterocycles. The minimum absolute atomic E-state index is 0.105. The smallest absolute Gasteiger partial charge is 0.339 e. The summed E-state index contributed by atoms with van der Waals surface area (Å²) < 4.78 is 0. The Morgan fingerprint density at radius 3 is 2.75 bits per heavy atom. The number of urea groups is 1. The highest BCUT2D eigenvalue weighted by atomic mass is 32.1. The van der Waals surface area contributed by atoms with Crippen LogP contribution in [0.3, 0.4) is 0 Å². The molecule has 3 rings (SSSR count). The van der Waals surface area contributed by atoms with Gasteiger partial charge in [-0.1, -0.05) is 6.08 Å². The van der Waals surface area contributed by atoms with Crippen molar-refractivity contribution in [2.75, 3.05) is 11.9 Å². The number of anilines is 1. The Balaban J connectivity index is 1.74. The molecule has 3 amide bonds. The summed E-state index contributed by atoms with van der Waals surface area (Å²) in [5, 5.41) is 18.5. The molecule has 8 nitrogen and oxygen atoms in total. The molecule has 0 spiro atoms. The number of thiophene rings is 1. The van der Waals surface area contributed by atoms with E-state index < -0.39 is 23.9 Å². The molecule has 1 fully saturated rings. The standard InChI is InChI=1S/C19H26N4O4S/c1-2-11-9-10(7-8-21-11)15(16(20)24)22-19(27)23-17-14(18(25)26)12-5-3-4-6-13(12)28-17/h2,10,15,21H,3-9H2,1H3,(H2,20,24)(H,25,26)(H2,22,23,27). The summed E-state index contributed by atoms with van der Waals surface area (Å²) >= 11 is 1.31. The van der Waals surface area contributed by atoms with Crippen molar-refractivity contribution in [2.24, 2.45) is 11.7 Å². The molecule has 28 heavy (non-hydrogen) atoms. The number of aromatic carboxylic acids is 1. The maximum Gasteiger partial charge on any atom is 0.339 e. The molecule has 2 heterocycles. The second-order valence-corrected chi connectivity index (χ2v) is 8.30. The van der Waals surface area contributed by atoms with Gasteiger partial charge in [-0.05, 0) is 56.9 Å². The van der Waals surface area contributed by atoms with E-state index in [4.69, 9.17) is 5.73 Å². The highest BCUT2D eigenvalue weighted by Gasteiger charge is 2.32. The number of allylic oxidation sites excluding steroid dienone is 2. The number of carbonyl (C=O) groups excluding carboxylic acids is 2. The highest BCUT2D eigenvalue weighted by Crippen LogP contribution is 2.38. The number of hydrogen-bond donors (Lipinski definition) is 5. The van der Waals surface area contributed by atoms with Crippen LogP contribution in [-0.2, 0) is 17.6 Å². The van der Waals surface area contributed by atoms with Crippen LogP contribution in [0.4, 0.5) is 9.80 Å². The van der Waals surface area contributed by atoms with Crippen molar-refractivity contribution in [1.82, 2.24) is 10.6 Å². The van der Waals surface area contributed by atoms with Gasteiger partial charge in [-0.25, -0.2) is 9.59 Å². The van der Waals surface area contributed by atoms with Crippen LogP contribution in [0.1, 0.15) is 53.4 Å². The molecule has 1 aliphatic carbocycles. The fourth-order valence-corrected chi connectivity index (χ4v) is 5.24. The third kappa shape index (κ3) is 4.30. The predicted octanol–water partition coefficient (Wildman–Crippen LogP) is 2.20. The third-order valence-corrected chi connectivity index (χ3v) is 6.58. The quantitative estimate of drug-likeness (QED) is 0.511. The molecule has 2 unspecified atom stereocenters. The van der Waals surface area contributed by atoms with Crippen LogP contribution in [0, 0.1) is 5.92 Å². The van der Waals surface area contributed by atoms with E-state index >= 15 is 0 Å². The zero-order chi connectivity index (χ0) is 20.3. The van der Waals surface area contributed by atoms with E-state index in [1.54, 1.807) is 0 Å². The van der Waals surface area contributed by atoms with Gasteiger partial charge < -0.3 is 21.5 Å². The van der Waals surface area contributed by atoms with Gasteiger partial charge >= 0.3 is 12.0 Å². The van der Waals surface area contributed by atoms with Crippen molar-refractivity contribution in [3.8, 4) is 0 Å². The molecule has 1 aromatic heterocycles. The van der Waals surface area contributed by atoms with E-state index in [-0.39, 0.29) is 11.5 Å². The molecule has 152 valence electrons. The van der Waals surface area contributed by atoms with Gasteiger partial charge in [0, 0.05) is 17.1 Å². The van der Waals surface area contributed by atoms with Crippen molar-refractivity contribution >= 4 is 34.2 Å². The van der Waals surface area contributed by atoms with E-state index in [9.17, 15) is 19.5 Å². The van der Waals surface area contributed by atoms with Crippen LogP contribution in [0.15, 0.2) is 11.8 Å². The SMILES string of the molecule is CC=C1CC(C(NC(=O)Nc2sc3c(c2C(=O)O)CCCC3)C(N)=O)CCN1. The molecule has 0 radical (unpaired) electrons. The van der Waals surface area contributed by atoms with Crippen LogP contribution in [0.5, 0.6) is 0 Å². The molecule has 2 aliphatic rings. The monoisotopic (exact) mass is 406 g/mol. The Hall–Kier alpha value is -2.55. The fourth-order valence-electron chi connectivity index (χ4n) is 3.96. The van der Waals surface area contributed by atoms with E-state index in [0.29, 0.717) is 30.8 Å². The van der Waals surface area contributed by atoms with Gasteiger partial charge in [0.1, 0.15) is 11.0 Å². The van der Waals surface area contributed by atoms with Crippen molar-refractivity contribution in [3.05, 3.63) is 27.8 Å². The van der Waals surface area contributed by atoms with Gasteiger partial charge in [0.2, 0.25) is 5.91 Å². The normalized spacial score (nSPS) is 21.3. The lowest BCUT2D eigenvalue weighted by atomic mass is 9.88. The Bertz CT molecular complexity index is 817. The largest absolute Gasteiger partial charge is 0.478 e. The first kappa shape index (κ1) is 20.2. The number of aryl methyl sites for hydroxylation is 1. The van der Waals surface area contributed by atoms with Gasteiger partial charge in [0.25, 0.3) is 0 Å². The summed E-state index contributed by atoms with van der Waals surface area (Å²) in [5.41, 5.74) is 7.55. The van der Waals surface area contributed by atoms with Crippen LogP contribution in [-0.4, -0.2) is 35.6 Å². The van der Waals surface area contributed by atoms with Crippen LogP contribution < -0.4 is 21.7 Å². The molecule has 1 aromatic rings. The third-order valence-electron chi connectivity index (χ3n) is 5.37. The lowest BCUT2D eigenvalue weighted by Crippen LogP contribution is -2.52. The molecule has 2 atom stereocenters. The van der Waals surface area contributed by atoms with Crippen molar-refractivity contribution in [2.45, 2.75) is 51.5 Å². The van der Waals surface area contributed by atoms with Crippen molar-refractivity contribution in [3.63, 3.8) is 0 Å². The number of fused-ring (bicyclic) bond motifs is 1.